The van der Waals surface area contributed by atoms with Gasteiger partial charge in [-0.15, -0.1) is 11.3 Å². The molecule has 4 nitrogen and oxygen atoms in total. The monoisotopic (exact) mass is 322 g/mol. The molecule has 0 saturated carbocycles. The van der Waals surface area contributed by atoms with Gasteiger partial charge >= 0.3 is 5.97 Å². The van der Waals surface area contributed by atoms with Crippen molar-refractivity contribution < 1.29 is 9.53 Å². The summed E-state index contributed by atoms with van der Waals surface area (Å²) in [5.41, 5.74) is 3.35. The van der Waals surface area contributed by atoms with Gasteiger partial charge in [0.25, 0.3) is 0 Å². The van der Waals surface area contributed by atoms with Crippen LogP contribution in [0.15, 0.2) is 48.7 Å². The number of thiophene rings is 1. The number of ether oxygens (including phenoxy) is 1. The molecule has 5 heteroatoms. The van der Waals surface area contributed by atoms with Crippen molar-refractivity contribution in [2.24, 2.45) is 7.05 Å². The third-order valence-corrected chi connectivity index (χ3v) is 5.07. The van der Waals surface area contributed by atoms with E-state index in [0.717, 1.165) is 32.1 Å². The van der Waals surface area contributed by atoms with Crippen molar-refractivity contribution in [1.82, 2.24) is 9.78 Å². The van der Waals surface area contributed by atoms with Gasteiger partial charge < -0.3 is 4.74 Å². The van der Waals surface area contributed by atoms with Gasteiger partial charge in [0.2, 0.25) is 0 Å². The van der Waals surface area contributed by atoms with Gasteiger partial charge in [0.05, 0.1) is 18.8 Å². The van der Waals surface area contributed by atoms with Crippen molar-refractivity contribution in [1.29, 1.82) is 0 Å². The minimum Gasteiger partial charge on any atom is -0.465 e. The van der Waals surface area contributed by atoms with E-state index in [9.17, 15) is 4.79 Å². The highest BCUT2D eigenvalue weighted by atomic mass is 32.1. The van der Waals surface area contributed by atoms with Gasteiger partial charge in [-0.1, -0.05) is 24.3 Å². The fraction of sp³-hybridized carbons (Fsp3) is 0.111. The highest BCUT2D eigenvalue weighted by Gasteiger charge is 2.12. The maximum atomic E-state index is 11.7. The fourth-order valence-corrected chi connectivity index (χ4v) is 3.84. The predicted octanol–water partition coefficient (Wildman–Crippen LogP) is 4.24. The van der Waals surface area contributed by atoms with Crippen LogP contribution in [0, 0.1) is 0 Å². The highest BCUT2D eigenvalue weighted by Crippen LogP contribution is 2.33. The minimum atomic E-state index is -0.290. The van der Waals surface area contributed by atoms with Gasteiger partial charge in [0.1, 0.15) is 4.88 Å². The molecule has 23 heavy (non-hydrogen) atoms. The van der Waals surface area contributed by atoms with E-state index in [1.54, 1.807) is 0 Å². The first-order valence-corrected chi connectivity index (χ1v) is 8.02. The standard InChI is InChI=1S/C18H14N2O2S/c1-20-17-12(10-19-20)4-3-5-14(17)11-6-7-15-13(8-11)9-16(23-15)18(21)22-2/h3-10H,1-2H3. The van der Waals surface area contributed by atoms with Crippen LogP contribution in [-0.2, 0) is 11.8 Å². The molecule has 4 rings (SSSR count). The van der Waals surface area contributed by atoms with Crippen LogP contribution in [0.2, 0.25) is 0 Å². The number of benzene rings is 2. The maximum Gasteiger partial charge on any atom is 0.348 e. The third kappa shape index (κ3) is 2.21. The van der Waals surface area contributed by atoms with E-state index in [-0.39, 0.29) is 5.97 Å². The first-order chi connectivity index (χ1) is 11.2. The zero-order valence-electron chi connectivity index (χ0n) is 12.7. The highest BCUT2D eigenvalue weighted by molar-refractivity contribution is 7.20. The zero-order valence-corrected chi connectivity index (χ0v) is 13.6. The molecule has 0 N–H and O–H groups in total. The first kappa shape index (κ1) is 14.0. The number of para-hydroxylation sites is 1. The number of aryl methyl sites for hydroxylation is 1. The summed E-state index contributed by atoms with van der Waals surface area (Å²) in [5, 5.41) is 6.50. The summed E-state index contributed by atoms with van der Waals surface area (Å²) in [4.78, 5) is 12.3. The Morgan fingerprint density at radius 2 is 2.04 bits per heavy atom. The van der Waals surface area contributed by atoms with Crippen LogP contribution in [0.4, 0.5) is 0 Å². The second-order valence-electron chi connectivity index (χ2n) is 5.37. The summed E-state index contributed by atoms with van der Waals surface area (Å²) >= 11 is 1.45. The van der Waals surface area contributed by atoms with Gasteiger partial charge in [0, 0.05) is 22.7 Å². The zero-order chi connectivity index (χ0) is 16.0. The SMILES string of the molecule is COC(=O)c1cc2cc(-c3cccc4cnn(C)c34)ccc2s1. The normalized spacial score (nSPS) is 11.2. The molecule has 114 valence electrons. The van der Waals surface area contributed by atoms with Crippen molar-refractivity contribution in [3.63, 3.8) is 0 Å². The van der Waals surface area contributed by atoms with Crippen molar-refractivity contribution in [2.75, 3.05) is 7.11 Å². The number of nitrogens with zero attached hydrogens (tertiary/aromatic N) is 2. The van der Waals surface area contributed by atoms with Crippen molar-refractivity contribution in [2.45, 2.75) is 0 Å². The molecule has 0 aliphatic heterocycles. The average molecular weight is 322 g/mol. The summed E-state index contributed by atoms with van der Waals surface area (Å²) in [6.45, 7) is 0. The Labute approximate surface area is 136 Å². The van der Waals surface area contributed by atoms with Crippen LogP contribution in [0.1, 0.15) is 9.67 Å². The molecule has 0 atom stereocenters. The molecule has 2 aromatic heterocycles. The average Bonchev–Trinajstić information content (AvgIpc) is 3.17. The number of hydrogen-bond donors (Lipinski definition) is 0. The molecule has 0 radical (unpaired) electrons. The van der Waals surface area contributed by atoms with Crippen LogP contribution < -0.4 is 0 Å². The molecular weight excluding hydrogens is 308 g/mol. The lowest BCUT2D eigenvalue weighted by Gasteiger charge is -2.06. The lowest BCUT2D eigenvalue weighted by atomic mass is 10.0. The Morgan fingerprint density at radius 3 is 2.87 bits per heavy atom. The second-order valence-corrected chi connectivity index (χ2v) is 6.45. The minimum absolute atomic E-state index is 0.290. The number of methoxy groups -OCH3 is 1. The number of rotatable bonds is 2. The van der Waals surface area contributed by atoms with E-state index in [2.05, 4.69) is 35.4 Å². The van der Waals surface area contributed by atoms with Gasteiger partial charge in [-0.05, 0) is 29.1 Å². The number of carbonyl (C=O) groups is 1. The Kier molecular flexibility index (Phi) is 3.16. The molecule has 2 heterocycles. The van der Waals surface area contributed by atoms with E-state index in [1.165, 1.54) is 18.4 Å². The van der Waals surface area contributed by atoms with Crippen molar-refractivity contribution >= 4 is 38.3 Å². The molecule has 0 aliphatic carbocycles. The Morgan fingerprint density at radius 1 is 1.17 bits per heavy atom. The quantitative estimate of drug-likeness (QED) is 0.518. The molecule has 0 aliphatic rings. The van der Waals surface area contributed by atoms with Crippen molar-refractivity contribution in [3.8, 4) is 11.1 Å². The van der Waals surface area contributed by atoms with E-state index in [4.69, 9.17) is 4.74 Å². The molecular formula is C18H14N2O2S. The summed E-state index contributed by atoms with van der Waals surface area (Å²) in [6, 6.07) is 14.3. The molecule has 0 fully saturated rings. The summed E-state index contributed by atoms with van der Waals surface area (Å²) in [7, 11) is 3.35. The number of aromatic nitrogens is 2. The second kappa shape index (κ2) is 5.21. The molecule has 4 aromatic rings. The Bertz CT molecular complexity index is 1050. The van der Waals surface area contributed by atoms with Gasteiger partial charge in [0.15, 0.2) is 0 Å². The van der Waals surface area contributed by atoms with E-state index >= 15 is 0 Å². The third-order valence-electron chi connectivity index (χ3n) is 3.97. The van der Waals surface area contributed by atoms with Crippen LogP contribution >= 0.6 is 11.3 Å². The van der Waals surface area contributed by atoms with Crippen LogP contribution in [-0.4, -0.2) is 22.9 Å². The van der Waals surface area contributed by atoms with Crippen molar-refractivity contribution in [3.05, 3.63) is 53.5 Å². The van der Waals surface area contributed by atoms with Crippen LogP contribution in [0.5, 0.6) is 0 Å². The largest absolute Gasteiger partial charge is 0.465 e. The maximum absolute atomic E-state index is 11.7. The fourth-order valence-electron chi connectivity index (χ4n) is 2.88. The number of fused-ring (bicyclic) bond motifs is 2. The van der Waals surface area contributed by atoms with Gasteiger partial charge in [-0.25, -0.2) is 4.79 Å². The smallest absolute Gasteiger partial charge is 0.348 e. The predicted molar refractivity (Wildman–Crippen MR) is 92.9 cm³/mol. The summed E-state index contributed by atoms with van der Waals surface area (Å²) in [5.74, 6) is -0.290. The lowest BCUT2D eigenvalue weighted by Crippen LogP contribution is -1.96. The molecule has 0 spiro atoms. The number of esters is 1. The molecule has 2 aromatic carbocycles. The molecule has 0 amide bonds. The number of hydrogen-bond acceptors (Lipinski definition) is 4. The Hall–Kier alpha value is -2.66. The van der Waals surface area contributed by atoms with Crippen LogP contribution in [0.25, 0.3) is 32.1 Å². The molecule has 0 saturated heterocycles. The van der Waals surface area contributed by atoms with E-state index in [1.807, 2.05) is 30.1 Å². The number of carbonyl (C=O) groups excluding carboxylic acids is 1. The first-order valence-electron chi connectivity index (χ1n) is 7.20. The molecule has 0 unspecified atom stereocenters. The summed E-state index contributed by atoms with van der Waals surface area (Å²) < 4.78 is 7.77. The van der Waals surface area contributed by atoms with E-state index in [0.29, 0.717) is 4.88 Å². The lowest BCUT2D eigenvalue weighted by molar-refractivity contribution is 0.0606. The molecule has 0 bridgehead atoms. The summed E-state index contributed by atoms with van der Waals surface area (Å²) in [6.07, 6.45) is 1.87. The van der Waals surface area contributed by atoms with Gasteiger partial charge in [-0.2, -0.15) is 5.10 Å². The van der Waals surface area contributed by atoms with Gasteiger partial charge in [-0.3, -0.25) is 4.68 Å². The topological polar surface area (TPSA) is 44.1 Å². The van der Waals surface area contributed by atoms with E-state index < -0.39 is 0 Å². The Balaban J connectivity index is 1.91. The van der Waals surface area contributed by atoms with Crippen LogP contribution in [0.3, 0.4) is 0 Å².